The summed E-state index contributed by atoms with van der Waals surface area (Å²) >= 11 is 0. The molecule has 1 aliphatic rings. The number of carbonyl (C=O) groups is 3. The molecule has 7 nitrogen and oxygen atoms in total. The molecule has 2 heterocycles. The van der Waals surface area contributed by atoms with E-state index in [9.17, 15) is 14.4 Å². The lowest BCUT2D eigenvalue weighted by Crippen LogP contribution is -2.42. The van der Waals surface area contributed by atoms with Crippen LogP contribution in [0.2, 0.25) is 0 Å². The number of hydrogen-bond donors (Lipinski definition) is 2. The molecule has 0 saturated carbocycles. The molecule has 140 valence electrons. The molecule has 0 spiro atoms. The van der Waals surface area contributed by atoms with Gasteiger partial charge >= 0.3 is 6.03 Å². The molecule has 1 fully saturated rings. The summed E-state index contributed by atoms with van der Waals surface area (Å²) in [6.45, 7) is 1.26. The van der Waals surface area contributed by atoms with E-state index < -0.39 is 23.4 Å². The molecule has 0 aliphatic carbocycles. The highest BCUT2D eigenvalue weighted by molar-refractivity contribution is 6.10. The molecule has 3 aromatic rings. The normalized spacial score (nSPS) is 19.0. The van der Waals surface area contributed by atoms with Gasteiger partial charge in [0.2, 0.25) is 5.91 Å². The number of imide groups is 1. The largest absolute Gasteiger partial charge is 0.325 e. The van der Waals surface area contributed by atoms with Crippen molar-refractivity contribution in [3.05, 3.63) is 72.4 Å². The zero-order valence-corrected chi connectivity index (χ0v) is 15.2. The van der Waals surface area contributed by atoms with Crippen LogP contribution >= 0.6 is 0 Å². The van der Waals surface area contributed by atoms with Gasteiger partial charge in [-0.15, -0.1) is 0 Å². The molecular weight excluding hydrogens is 356 g/mol. The predicted octanol–water partition coefficient (Wildman–Crippen LogP) is 2.64. The zero-order valence-electron chi connectivity index (χ0n) is 15.2. The van der Waals surface area contributed by atoms with Gasteiger partial charge in [0, 0.05) is 5.39 Å². The van der Waals surface area contributed by atoms with Gasteiger partial charge in [0.05, 0.1) is 17.4 Å². The van der Waals surface area contributed by atoms with Crippen LogP contribution in [-0.2, 0) is 15.1 Å². The zero-order chi connectivity index (χ0) is 19.7. The van der Waals surface area contributed by atoms with Crippen molar-refractivity contribution in [3.8, 4) is 0 Å². The molecule has 1 saturated heterocycles. The maximum Gasteiger partial charge on any atom is 0.325 e. The first kappa shape index (κ1) is 17.7. The molecule has 2 aromatic carbocycles. The van der Waals surface area contributed by atoms with Crippen LogP contribution in [0.3, 0.4) is 0 Å². The van der Waals surface area contributed by atoms with E-state index in [1.807, 2.05) is 30.3 Å². The summed E-state index contributed by atoms with van der Waals surface area (Å²) in [6.07, 6.45) is 1.54. The average molecular weight is 374 g/mol. The Hall–Kier alpha value is -3.74. The van der Waals surface area contributed by atoms with E-state index in [-0.39, 0.29) is 6.54 Å². The van der Waals surface area contributed by atoms with Gasteiger partial charge in [0.25, 0.3) is 5.91 Å². The van der Waals surface area contributed by atoms with Gasteiger partial charge in [0.15, 0.2) is 0 Å². The lowest BCUT2D eigenvalue weighted by Gasteiger charge is -2.22. The Morgan fingerprint density at radius 2 is 1.82 bits per heavy atom. The third-order valence-electron chi connectivity index (χ3n) is 4.80. The van der Waals surface area contributed by atoms with Gasteiger partial charge in [-0.1, -0.05) is 48.5 Å². The number of anilines is 1. The number of pyridine rings is 1. The number of nitrogens with zero attached hydrogens (tertiary/aromatic N) is 2. The fourth-order valence-electron chi connectivity index (χ4n) is 3.29. The number of para-hydroxylation sites is 1. The van der Waals surface area contributed by atoms with Gasteiger partial charge in [-0.3, -0.25) is 19.5 Å². The Kier molecular flexibility index (Phi) is 4.27. The standard InChI is InChI=1S/C21H18N4O3/c1-21(15-8-3-2-4-9-15)19(27)25(20(28)24-21)13-18(26)23-16-11-14-7-5-6-10-17(14)22-12-16/h2-12H,13H2,1H3,(H,23,26)(H,24,28). The van der Waals surface area contributed by atoms with Gasteiger partial charge in [-0.2, -0.15) is 0 Å². The summed E-state index contributed by atoms with van der Waals surface area (Å²) < 4.78 is 0. The van der Waals surface area contributed by atoms with E-state index in [2.05, 4.69) is 15.6 Å². The van der Waals surface area contributed by atoms with Crippen molar-refractivity contribution in [2.24, 2.45) is 0 Å². The van der Waals surface area contributed by atoms with E-state index in [1.54, 1.807) is 43.5 Å². The fraction of sp³-hybridized carbons (Fsp3) is 0.143. The van der Waals surface area contributed by atoms with E-state index in [1.165, 1.54) is 0 Å². The molecule has 2 N–H and O–H groups in total. The second-order valence-electron chi connectivity index (χ2n) is 6.78. The lowest BCUT2D eigenvalue weighted by atomic mass is 9.92. The second-order valence-corrected chi connectivity index (χ2v) is 6.78. The highest BCUT2D eigenvalue weighted by Gasteiger charge is 2.49. The molecule has 1 unspecified atom stereocenters. The molecule has 28 heavy (non-hydrogen) atoms. The number of amides is 4. The minimum Gasteiger partial charge on any atom is -0.323 e. The highest BCUT2D eigenvalue weighted by Crippen LogP contribution is 2.28. The van der Waals surface area contributed by atoms with Crippen molar-refractivity contribution in [1.82, 2.24) is 15.2 Å². The van der Waals surface area contributed by atoms with E-state index >= 15 is 0 Å². The Bertz CT molecular complexity index is 1080. The van der Waals surface area contributed by atoms with Crippen LogP contribution in [0.5, 0.6) is 0 Å². The average Bonchev–Trinajstić information content (AvgIpc) is 2.92. The molecule has 0 radical (unpaired) electrons. The number of hydrogen-bond acceptors (Lipinski definition) is 4. The number of benzene rings is 2. The SMILES string of the molecule is CC1(c2ccccc2)NC(=O)N(CC(=O)Nc2cnc3ccccc3c2)C1=O. The number of rotatable bonds is 4. The quantitative estimate of drug-likeness (QED) is 0.687. The molecule has 1 aliphatic heterocycles. The molecule has 7 heteroatoms. The summed E-state index contributed by atoms with van der Waals surface area (Å²) in [5, 5.41) is 6.26. The van der Waals surface area contributed by atoms with Crippen molar-refractivity contribution >= 4 is 34.4 Å². The Morgan fingerprint density at radius 3 is 2.61 bits per heavy atom. The molecule has 1 atom stereocenters. The summed E-state index contributed by atoms with van der Waals surface area (Å²) in [6, 6.07) is 17.7. The number of aromatic nitrogens is 1. The van der Waals surface area contributed by atoms with Gasteiger partial charge in [-0.05, 0) is 24.6 Å². The first-order valence-electron chi connectivity index (χ1n) is 8.82. The van der Waals surface area contributed by atoms with E-state index in [0.717, 1.165) is 15.8 Å². The third kappa shape index (κ3) is 3.07. The van der Waals surface area contributed by atoms with Gasteiger partial charge < -0.3 is 10.6 Å². The predicted molar refractivity (Wildman–Crippen MR) is 104 cm³/mol. The number of fused-ring (bicyclic) bond motifs is 1. The smallest absolute Gasteiger partial charge is 0.323 e. The number of carbonyl (C=O) groups excluding carboxylic acids is 3. The second kappa shape index (κ2) is 6.77. The monoisotopic (exact) mass is 374 g/mol. The van der Waals surface area contributed by atoms with Crippen LogP contribution in [0.15, 0.2) is 66.9 Å². The summed E-state index contributed by atoms with van der Waals surface area (Å²) in [4.78, 5) is 42.8. The minimum absolute atomic E-state index is 0.375. The van der Waals surface area contributed by atoms with Crippen LogP contribution < -0.4 is 10.6 Å². The Morgan fingerprint density at radius 1 is 1.11 bits per heavy atom. The third-order valence-corrected chi connectivity index (χ3v) is 4.80. The highest BCUT2D eigenvalue weighted by atomic mass is 16.2. The molecule has 4 rings (SSSR count). The molecule has 1 aromatic heterocycles. The molecular formula is C21H18N4O3. The lowest BCUT2D eigenvalue weighted by molar-refractivity contribution is -0.133. The maximum absolute atomic E-state index is 12.9. The van der Waals surface area contributed by atoms with Crippen molar-refractivity contribution < 1.29 is 14.4 Å². The topological polar surface area (TPSA) is 91.4 Å². The van der Waals surface area contributed by atoms with Crippen molar-refractivity contribution in [3.63, 3.8) is 0 Å². The number of nitrogens with one attached hydrogen (secondary N) is 2. The van der Waals surface area contributed by atoms with E-state index in [4.69, 9.17) is 0 Å². The number of urea groups is 1. The summed E-state index contributed by atoms with van der Waals surface area (Å²) in [5.74, 6) is -0.937. The Balaban J connectivity index is 1.49. The molecule has 0 bridgehead atoms. The summed E-state index contributed by atoms with van der Waals surface area (Å²) in [7, 11) is 0. The summed E-state index contributed by atoms with van der Waals surface area (Å²) in [5.41, 5.74) is 0.785. The van der Waals surface area contributed by atoms with Gasteiger partial charge in [-0.25, -0.2) is 4.79 Å². The molecule has 4 amide bonds. The van der Waals surface area contributed by atoms with Gasteiger partial charge in [0.1, 0.15) is 12.1 Å². The van der Waals surface area contributed by atoms with Crippen molar-refractivity contribution in [2.75, 3.05) is 11.9 Å². The van der Waals surface area contributed by atoms with Crippen LogP contribution in [0.1, 0.15) is 12.5 Å². The van der Waals surface area contributed by atoms with Crippen LogP contribution in [0.4, 0.5) is 10.5 Å². The Labute approximate surface area is 161 Å². The minimum atomic E-state index is -1.19. The fourth-order valence-corrected chi connectivity index (χ4v) is 3.29. The van der Waals surface area contributed by atoms with Crippen molar-refractivity contribution in [1.29, 1.82) is 0 Å². The first-order chi connectivity index (χ1) is 13.5. The first-order valence-corrected chi connectivity index (χ1v) is 8.82. The van der Waals surface area contributed by atoms with Crippen LogP contribution in [-0.4, -0.2) is 34.3 Å². The van der Waals surface area contributed by atoms with Crippen LogP contribution in [0, 0.1) is 0 Å². The maximum atomic E-state index is 12.9. The van der Waals surface area contributed by atoms with Crippen LogP contribution in [0.25, 0.3) is 10.9 Å². The van der Waals surface area contributed by atoms with E-state index in [0.29, 0.717) is 11.3 Å². The van der Waals surface area contributed by atoms with Crippen molar-refractivity contribution in [2.45, 2.75) is 12.5 Å².